The molecule has 1 aromatic rings. The molecule has 1 saturated carbocycles. The van der Waals surface area contributed by atoms with Crippen LogP contribution < -0.4 is 5.32 Å². The molecular formula is C22H30ClN3O4S. The first-order valence-electron chi connectivity index (χ1n) is 11.0. The van der Waals surface area contributed by atoms with E-state index < -0.39 is 5.97 Å². The van der Waals surface area contributed by atoms with Crippen molar-refractivity contribution in [1.29, 1.82) is 0 Å². The summed E-state index contributed by atoms with van der Waals surface area (Å²) in [6, 6.07) is 0. The lowest BCUT2D eigenvalue weighted by atomic mass is 9.78. The van der Waals surface area contributed by atoms with Gasteiger partial charge < -0.3 is 10.0 Å². The monoisotopic (exact) mass is 467 g/mol. The highest BCUT2D eigenvalue weighted by Gasteiger charge is 2.26. The summed E-state index contributed by atoms with van der Waals surface area (Å²) in [5.74, 6) is -0.222. The predicted molar refractivity (Wildman–Crippen MR) is 121 cm³/mol. The molecule has 9 heteroatoms. The average Bonchev–Trinajstić information content (AvgIpc) is 3.06. The Kier molecular flexibility index (Phi) is 8.49. The number of allylic oxidation sites excluding steroid dienone is 1. The van der Waals surface area contributed by atoms with E-state index in [4.69, 9.17) is 16.7 Å². The Balaban J connectivity index is 1.67. The summed E-state index contributed by atoms with van der Waals surface area (Å²) in [7, 11) is 0. The van der Waals surface area contributed by atoms with Crippen molar-refractivity contribution in [2.75, 3.05) is 18.4 Å². The van der Waals surface area contributed by atoms with Gasteiger partial charge in [-0.1, -0.05) is 47.8 Å². The second-order valence-corrected chi connectivity index (χ2v) is 10.1. The average molecular weight is 468 g/mol. The zero-order valence-electron chi connectivity index (χ0n) is 17.9. The maximum atomic E-state index is 12.8. The van der Waals surface area contributed by atoms with Crippen LogP contribution in [0.1, 0.15) is 64.0 Å². The number of nitrogens with one attached hydrogen (secondary N) is 1. The molecule has 170 valence electrons. The van der Waals surface area contributed by atoms with Crippen molar-refractivity contribution in [2.45, 2.75) is 64.7 Å². The summed E-state index contributed by atoms with van der Waals surface area (Å²) >= 11 is 7.14. The van der Waals surface area contributed by atoms with Crippen molar-refractivity contribution in [2.24, 2.45) is 11.8 Å². The third-order valence-corrected chi connectivity index (χ3v) is 7.48. The van der Waals surface area contributed by atoms with Crippen LogP contribution in [0.2, 0.25) is 4.34 Å². The summed E-state index contributed by atoms with van der Waals surface area (Å²) in [4.78, 5) is 41.3. The van der Waals surface area contributed by atoms with Gasteiger partial charge in [-0.25, -0.2) is 4.98 Å². The van der Waals surface area contributed by atoms with Gasteiger partial charge in [-0.3, -0.25) is 19.7 Å². The molecule has 0 spiro atoms. The number of amides is 2. The van der Waals surface area contributed by atoms with Crippen LogP contribution >= 0.6 is 22.9 Å². The van der Waals surface area contributed by atoms with Gasteiger partial charge in [0.15, 0.2) is 5.13 Å². The SMILES string of the molecule is CC(=O)N1CCC(C/C(=C/C(=O)Nc2nc(CC(=O)O)c(Cl)s2)C2CCCCC2)CC1. The quantitative estimate of drug-likeness (QED) is 0.574. The molecule has 2 fully saturated rings. The number of thiazole rings is 1. The number of halogens is 1. The van der Waals surface area contributed by atoms with E-state index in [9.17, 15) is 14.4 Å². The number of carboxylic acids is 1. The van der Waals surface area contributed by atoms with Crippen molar-refractivity contribution in [3.63, 3.8) is 0 Å². The van der Waals surface area contributed by atoms with Crippen LogP contribution in [-0.2, 0) is 20.8 Å². The van der Waals surface area contributed by atoms with Gasteiger partial charge in [0.2, 0.25) is 11.8 Å². The fourth-order valence-corrected chi connectivity index (χ4v) is 5.59. The zero-order chi connectivity index (χ0) is 22.4. The number of hydrogen-bond donors (Lipinski definition) is 2. The number of anilines is 1. The van der Waals surface area contributed by atoms with Crippen LogP contribution in [0.25, 0.3) is 0 Å². The minimum atomic E-state index is -1.01. The van der Waals surface area contributed by atoms with Gasteiger partial charge in [-0.2, -0.15) is 0 Å². The maximum Gasteiger partial charge on any atom is 0.309 e. The molecule has 1 aliphatic carbocycles. The lowest BCUT2D eigenvalue weighted by Gasteiger charge is -2.33. The highest BCUT2D eigenvalue weighted by Crippen LogP contribution is 2.35. The molecule has 0 unspecified atom stereocenters. The summed E-state index contributed by atoms with van der Waals surface area (Å²) in [6.07, 6.45) is 10.1. The highest BCUT2D eigenvalue weighted by molar-refractivity contribution is 7.19. The second-order valence-electron chi connectivity index (χ2n) is 8.51. The van der Waals surface area contributed by atoms with Crippen LogP contribution in [0, 0.1) is 11.8 Å². The third kappa shape index (κ3) is 7.04. The van der Waals surface area contributed by atoms with Crippen molar-refractivity contribution >= 4 is 45.9 Å². The van der Waals surface area contributed by atoms with Gasteiger partial charge in [0, 0.05) is 26.1 Å². The molecule has 31 heavy (non-hydrogen) atoms. The first-order chi connectivity index (χ1) is 14.8. The van der Waals surface area contributed by atoms with Crippen LogP contribution in [0.3, 0.4) is 0 Å². The molecule has 0 aromatic carbocycles. The normalized spacial score (nSPS) is 18.8. The molecule has 2 heterocycles. The van der Waals surface area contributed by atoms with Crippen LogP contribution in [0.15, 0.2) is 11.6 Å². The van der Waals surface area contributed by atoms with Gasteiger partial charge >= 0.3 is 5.97 Å². The summed E-state index contributed by atoms with van der Waals surface area (Å²) in [5.41, 5.74) is 1.45. The smallest absolute Gasteiger partial charge is 0.309 e. The highest BCUT2D eigenvalue weighted by atomic mass is 35.5. The van der Waals surface area contributed by atoms with E-state index >= 15 is 0 Å². The van der Waals surface area contributed by atoms with Crippen molar-refractivity contribution in [3.8, 4) is 0 Å². The number of hydrogen-bond acceptors (Lipinski definition) is 5. The minimum absolute atomic E-state index is 0.130. The van der Waals surface area contributed by atoms with Crippen LogP contribution in [0.5, 0.6) is 0 Å². The van der Waals surface area contributed by atoms with E-state index in [2.05, 4.69) is 10.3 Å². The van der Waals surface area contributed by atoms with Gasteiger partial charge in [0.25, 0.3) is 0 Å². The Morgan fingerprint density at radius 3 is 2.48 bits per heavy atom. The lowest BCUT2D eigenvalue weighted by Crippen LogP contribution is -2.37. The number of aliphatic carboxylic acids is 1. The minimum Gasteiger partial charge on any atom is -0.481 e. The molecule has 0 bridgehead atoms. The van der Waals surface area contributed by atoms with Gasteiger partial charge in [-0.05, 0) is 43.9 Å². The van der Waals surface area contributed by atoms with Gasteiger partial charge in [0.1, 0.15) is 4.34 Å². The van der Waals surface area contributed by atoms with Crippen LogP contribution in [-0.4, -0.2) is 45.9 Å². The number of rotatable bonds is 7. The maximum absolute atomic E-state index is 12.8. The molecule has 1 aromatic heterocycles. The molecule has 2 amide bonds. The molecule has 1 saturated heterocycles. The van der Waals surface area contributed by atoms with Crippen LogP contribution in [0.4, 0.5) is 5.13 Å². The second kappa shape index (κ2) is 11.1. The molecule has 2 aliphatic rings. The standard InChI is InChI=1S/C22H30ClN3O4S/c1-14(27)26-9-7-15(8-10-26)11-17(16-5-3-2-4-6-16)12-19(28)25-22-24-18(13-20(29)30)21(23)31-22/h12,15-16H,2-11,13H2,1H3,(H,29,30)(H,24,25,28)/b17-12-. The Morgan fingerprint density at radius 1 is 1.19 bits per heavy atom. The number of carboxylic acid groups (broad SMARTS) is 1. The molecule has 7 nitrogen and oxygen atoms in total. The van der Waals surface area contributed by atoms with Crippen molar-refractivity contribution < 1.29 is 19.5 Å². The number of nitrogens with zero attached hydrogens (tertiary/aromatic N) is 2. The number of likely N-dealkylation sites (tertiary alicyclic amines) is 1. The topological polar surface area (TPSA) is 99.6 Å². The summed E-state index contributed by atoms with van der Waals surface area (Å²) in [5, 5.41) is 12.0. The first kappa shape index (κ1) is 23.7. The molecule has 2 N–H and O–H groups in total. The third-order valence-electron chi connectivity index (χ3n) is 6.23. The van der Waals surface area contributed by atoms with Gasteiger partial charge in [-0.15, -0.1) is 0 Å². The number of aromatic nitrogens is 1. The fourth-order valence-electron chi connectivity index (χ4n) is 4.55. The molecule has 0 radical (unpaired) electrons. The van der Waals surface area contributed by atoms with Gasteiger partial charge in [0.05, 0.1) is 12.1 Å². The zero-order valence-corrected chi connectivity index (χ0v) is 19.4. The lowest BCUT2D eigenvalue weighted by molar-refractivity contribution is -0.136. The molecule has 1 aliphatic heterocycles. The molecule has 3 rings (SSSR count). The van der Waals surface area contributed by atoms with E-state index in [0.29, 0.717) is 17.0 Å². The molecule has 0 atom stereocenters. The molecular weight excluding hydrogens is 438 g/mol. The first-order valence-corrected chi connectivity index (χ1v) is 12.1. The number of piperidine rings is 1. The Hall–Kier alpha value is -1.93. The van der Waals surface area contributed by atoms with Crippen molar-refractivity contribution in [1.82, 2.24) is 9.88 Å². The number of carbonyl (C=O) groups excluding carboxylic acids is 2. The Bertz CT molecular complexity index is 840. The summed E-state index contributed by atoms with van der Waals surface area (Å²) in [6.45, 7) is 3.19. The Labute approximate surface area is 191 Å². The Morgan fingerprint density at radius 2 is 1.87 bits per heavy atom. The van der Waals surface area contributed by atoms with Crippen molar-refractivity contribution in [3.05, 3.63) is 21.7 Å². The predicted octanol–water partition coefficient (Wildman–Crippen LogP) is 4.52. The van der Waals surface area contributed by atoms with E-state index in [1.54, 1.807) is 13.0 Å². The van der Waals surface area contributed by atoms with E-state index in [0.717, 1.165) is 56.5 Å². The number of carbonyl (C=O) groups is 3. The largest absolute Gasteiger partial charge is 0.481 e. The van der Waals surface area contributed by atoms with E-state index in [-0.39, 0.29) is 28.3 Å². The van der Waals surface area contributed by atoms with E-state index in [1.165, 1.54) is 24.8 Å². The van der Waals surface area contributed by atoms with E-state index in [1.807, 2.05) is 4.90 Å². The fraction of sp³-hybridized carbons (Fsp3) is 0.636. The summed E-state index contributed by atoms with van der Waals surface area (Å²) < 4.78 is 0.284.